The van der Waals surface area contributed by atoms with Crippen LogP contribution in [0.3, 0.4) is 0 Å². The van der Waals surface area contributed by atoms with Gasteiger partial charge in [0, 0.05) is 10.7 Å². The quantitative estimate of drug-likeness (QED) is 0.892. The molecule has 0 heterocycles. The fraction of sp³-hybridized carbons (Fsp3) is 0.385. The Balaban J connectivity index is 2.14. The Hall–Kier alpha value is -1.60. The highest BCUT2D eigenvalue weighted by Crippen LogP contribution is 2.45. The van der Waals surface area contributed by atoms with Gasteiger partial charge in [-0.25, -0.2) is 4.39 Å². The molecule has 0 unspecified atom stereocenters. The Kier molecular flexibility index (Phi) is 3.27. The van der Waals surface area contributed by atoms with Gasteiger partial charge in [-0.15, -0.1) is 0 Å². The molecule has 0 saturated heterocycles. The summed E-state index contributed by atoms with van der Waals surface area (Å²) in [6.45, 7) is 1.99. The number of carbonyl (C=O) groups is 1. The molecular formula is C13H12ClFN2O. The maximum atomic E-state index is 13.1. The third kappa shape index (κ3) is 2.32. The van der Waals surface area contributed by atoms with Crippen LogP contribution in [0.1, 0.15) is 19.8 Å². The molecule has 1 N–H and O–H groups in total. The van der Waals surface area contributed by atoms with Gasteiger partial charge in [0.25, 0.3) is 0 Å². The zero-order valence-corrected chi connectivity index (χ0v) is 10.6. The summed E-state index contributed by atoms with van der Waals surface area (Å²) in [7, 11) is 0. The van der Waals surface area contributed by atoms with Crippen LogP contribution in [0.15, 0.2) is 18.2 Å². The first-order valence-corrected chi connectivity index (χ1v) is 6.02. The van der Waals surface area contributed by atoms with Crippen LogP contribution < -0.4 is 5.32 Å². The Morgan fingerprint density at radius 3 is 2.72 bits per heavy atom. The van der Waals surface area contributed by atoms with Gasteiger partial charge in [-0.2, -0.15) is 5.26 Å². The van der Waals surface area contributed by atoms with Gasteiger partial charge in [0.15, 0.2) is 0 Å². The summed E-state index contributed by atoms with van der Waals surface area (Å²) in [5.74, 6) is -0.540. The van der Waals surface area contributed by atoms with Crippen LogP contribution in [0, 0.1) is 28.5 Å². The second-order valence-electron chi connectivity index (χ2n) is 4.82. The van der Waals surface area contributed by atoms with E-state index in [9.17, 15) is 9.18 Å². The summed E-state index contributed by atoms with van der Waals surface area (Å²) in [6, 6.07) is 5.84. The molecule has 1 aromatic carbocycles. The molecule has 1 saturated carbocycles. The van der Waals surface area contributed by atoms with E-state index in [0.29, 0.717) is 18.8 Å². The average Bonchev–Trinajstić information content (AvgIpc) is 2.22. The highest BCUT2D eigenvalue weighted by Gasteiger charge is 2.48. The minimum Gasteiger partial charge on any atom is -0.325 e. The SMILES string of the molecule is CC1CC(C#N)(C(=O)Nc2cc(F)cc(Cl)c2)C1. The van der Waals surface area contributed by atoms with Crippen molar-refractivity contribution in [3.05, 3.63) is 29.0 Å². The molecule has 94 valence electrons. The standard InChI is InChI=1S/C13H12ClFN2O/c1-8-5-13(6-8,7-16)12(18)17-11-3-9(14)2-10(15)4-11/h2-4,8H,5-6H2,1H3,(H,17,18). The minimum absolute atomic E-state index is 0.207. The largest absolute Gasteiger partial charge is 0.325 e. The molecule has 1 aromatic rings. The van der Waals surface area contributed by atoms with Gasteiger partial charge in [-0.3, -0.25) is 4.79 Å². The van der Waals surface area contributed by atoms with Gasteiger partial charge in [-0.05, 0) is 37.0 Å². The van der Waals surface area contributed by atoms with Crippen molar-refractivity contribution >= 4 is 23.2 Å². The molecule has 18 heavy (non-hydrogen) atoms. The maximum absolute atomic E-state index is 13.1. The predicted molar refractivity (Wildman–Crippen MR) is 66.5 cm³/mol. The smallest absolute Gasteiger partial charge is 0.244 e. The number of hydrogen-bond donors (Lipinski definition) is 1. The van der Waals surface area contributed by atoms with Crippen molar-refractivity contribution in [2.45, 2.75) is 19.8 Å². The summed E-state index contributed by atoms with van der Waals surface area (Å²) >= 11 is 5.70. The van der Waals surface area contributed by atoms with Crippen molar-refractivity contribution in [2.75, 3.05) is 5.32 Å². The lowest BCUT2D eigenvalue weighted by molar-refractivity contribution is -0.128. The van der Waals surface area contributed by atoms with Crippen LogP contribution in [0.4, 0.5) is 10.1 Å². The number of amides is 1. The molecule has 1 fully saturated rings. The van der Waals surface area contributed by atoms with Crippen molar-refractivity contribution < 1.29 is 9.18 Å². The number of carbonyl (C=O) groups excluding carboxylic acids is 1. The van der Waals surface area contributed by atoms with Gasteiger partial charge in [0.05, 0.1) is 6.07 Å². The molecule has 0 spiro atoms. The molecule has 3 nitrogen and oxygen atoms in total. The zero-order chi connectivity index (χ0) is 13.3. The number of nitrogens with zero attached hydrogens (tertiary/aromatic N) is 1. The molecule has 0 aliphatic heterocycles. The first-order chi connectivity index (χ1) is 8.45. The third-order valence-electron chi connectivity index (χ3n) is 3.16. The number of nitriles is 1. The lowest BCUT2D eigenvalue weighted by atomic mass is 9.63. The summed E-state index contributed by atoms with van der Waals surface area (Å²) in [6.07, 6.45) is 1.08. The van der Waals surface area contributed by atoms with Crippen molar-refractivity contribution in [3.63, 3.8) is 0 Å². The highest BCUT2D eigenvalue weighted by molar-refractivity contribution is 6.30. The van der Waals surface area contributed by atoms with E-state index in [-0.39, 0.29) is 16.6 Å². The second-order valence-corrected chi connectivity index (χ2v) is 5.26. The first kappa shape index (κ1) is 12.8. The van der Waals surface area contributed by atoms with Crippen LogP contribution in [-0.4, -0.2) is 5.91 Å². The van der Waals surface area contributed by atoms with E-state index in [1.165, 1.54) is 12.1 Å². The molecule has 1 amide bonds. The Morgan fingerprint density at radius 1 is 1.56 bits per heavy atom. The summed E-state index contributed by atoms with van der Waals surface area (Å²) in [5, 5.41) is 11.9. The topological polar surface area (TPSA) is 52.9 Å². The predicted octanol–water partition coefficient (Wildman–Crippen LogP) is 3.36. The summed E-state index contributed by atoms with van der Waals surface area (Å²) < 4.78 is 13.1. The summed E-state index contributed by atoms with van der Waals surface area (Å²) in [5.41, 5.74) is -0.697. The average molecular weight is 267 g/mol. The van der Waals surface area contributed by atoms with Crippen LogP contribution in [-0.2, 0) is 4.79 Å². The highest BCUT2D eigenvalue weighted by atomic mass is 35.5. The fourth-order valence-electron chi connectivity index (χ4n) is 2.33. The Morgan fingerprint density at radius 2 is 2.22 bits per heavy atom. The van der Waals surface area contributed by atoms with Gasteiger partial charge in [0.2, 0.25) is 5.91 Å². The number of nitrogens with one attached hydrogen (secondary N) is 1. The molecule has 0 atom stereocenters. The molecular weight excluding hydrogens is 255 g/mol. The summed E-state index contributed by atoms with van der Waals surface area (Å²) in [4.78, 5) is 12.0. The zero-order valence-electron chi connectivity index (χ0n) is 9.84. The molecule has 2 rings (SSSR count). The Labute approximate surface area is 110 Å². The normalized spacial score (nSPS) is 26.0. The van der Waals surface area contributed by atoms with E-state index in [2.05, 4.69) is 11.4 Å². The number of rotatable bonds is 2. The van der Waals surface area contributed by atoms with Gasteiger partial charge in [0.1, 0.15) is 11.2 Å². The number of halogens is 2. The fourth-order valence-corrected chi connectivity index (χ4v) is 2.56. The first-order valence-electron chi connectivity index (χ1n) is 5.64. The number of benzene rings is 1. The van der Waals surface area contributed by atoms with Crippen molar-refractivity contribution in [2.24, 2.45) is 11.3 Å². The van der Waals surface area contributed by atoms with E-state index in [1.54, 1.807) is 0 Å². The second kappa shape index (κ2) is 4.58. The van der Waals surface area contributed by atoms with Crippen molar-refractivity contribution in [1.29, 1.82) is 5.26 Å². The lowest BCUT2D eigenvalue weighted by Gasteiger charge is -2.39. The van der Waals surface area contributed by atoms with Gasteiger partial charge < -0.3 is 5.32 Å². The van der Waals surface area contributed by atoms with Gasteiger partial charge in [-0.1, -0.05) is 18.5 Å². The lowest BCUT2D eigenvalue weighted by Crippen LogP contribution is -2.45. The maximum Gasteiger partial charge on any atom is 0.244 e. The molecule has 1 aliphatic carbocycles. The van der Waals surface area contributed by atoms with E-state index < -0.39 is 11.2 Å². The molecule has 0 aromatic heterocycles. The van der Waals surface area contributed by atoms with Crippen molar-refractivity contribution in [1.82, 2.24) is 0 Å². The van der Waals surface area contributed by atoms with E-state index in [1.807, 2.05) is 6.92 Å². The Bertz CT molecular complexity index is 512. The van der Waals surface area contributed by atoms with Crippen LogP contribution in [0.2, 0.25) is 5.02 Å². The minimum atomic E-state index is -0.974. The van der Waals surface area contributed by atoms with Crippen molar-refractivity contribution in [3.8, 4) is 6.07 Å². The van der Waals surface area contributed by atoms with E-state index in [4.69, 9.17) is 16.9 Å². The van der Waals surface area contributed by atoms with E-state index >= 15 is 0 Å². The third-order valence-corrected chi connectivity index (χ3v) is 3.38. The van der Waals surface area contributed by atoms with Gasteiger partial charge >= 0.3 is 0 Å². The van der Waals surface area contributed by atoms with E-state index in [0.717, 1.165) is 6.07 Å². The molecule has 0 bridgehead atoms. The molecule has 0 radical (unpaired) electrons. The molecule has 5 heteroatoms. The number of hydrogen-bond acceptors (Lipinski definition) is 2. The van der Waals surface area contributed by atoms with Crippen LogP contribution >= 0.6 is 11.6 Å². The van der Waals surface area contributed by atoms with Crippen LogP contribution in [0.5, 0.6) is 0 Å². The number of anilines is 1. The monoisotopic (exact) mass is 266 g/mol. The molecule has 1 aliphatic rings. The van der Waals surface area contributed by atoms with Crippen LogP contribution in [0.25, 0.3) is 0 Å².